The number of rotatable bonds is 9. The van der Waals surface area contributed by atoms with Crippen molar-refractivity contribution < 1.29 is 9.47 Å². The molecular weight excluding hydrogens is 461 g/mol. The van der Waals surface area contributed by atoms with Crippen LogP contribution in [0.1, 0.15) is 50.5 Å². The molecule has 2 fully saturated rings. The Morgan fingerprint density at radius 1 is 1.06 bits per heavy atom. The molecular formula is C25H38O2S4. The number of hydrogen-bond donors (Lipinski definition) is 0. The van der Waals surface area contributed by atoms with Crippen molar-refractivity contribution in [3.63, 3.8) is 0 Å². The molecule has 2 unspecified atom stereocenters. The molecule has 0 amide bonds. The zero-order chi connectivity index (χ0) is 21.8. The molecule has 0 saturated carbocycles. The van der Waals surface area contributed by atoms with Crippen LogP contribution in [-0.2, 0) is 8.82 Å². The van der Waals surface area contributed by atoms with E-state index in [0.717, 1.165) is 23.8 Å². The summed E-state index contributed by atoms with van der Waals surface area (Å²) >= 11 is 8.52. The van der Waals surface area contributed by atoms with Gasteiger partial charge in [-0.05, 0) is 91.4 Å². The molecule has 0 bridgehead atoms. The van der Waals surface area contributed by atoms with Crippen LogP contribution in [0.25, 0.3) is 0 Å². The number of hydrogen-bond acceptors (Lipinski definition) is 6. The number of allylic oxidation sites excluding steroid dienone is 1. The Bertz CT molecular complexity index is 651. The van der Waals surface area contributed by atoms with E-state index in [-0.39, 0.29) is 10.2 Å². The summed E-state index contributed by atoms with van der Waals surface area (Å²) in [4.78, 5) is 0. The third kappa shape index (κ3) is 8.44. The number of thioether (sulfide) groups is 4. The minimum Gasteiger partial charge on any atom is -0.497 e. The van der Waals surface area contributed by atoms with E-state index < -0.39 is 0 Å². The zero-order valence-electron chi connectivity index (χ0n) is 19.1. The van der Waals surface area contributed by atoms with Crippen LogP contribution in [0.4, 0.5) is 0 Å². The summed E-state index contributed by atoms with van der Waals surface area (Å²) in [5.74, 6) is 7.41. The molecule has 2 saturated heterocycles. The van der Waals surface area contributed by atoms with Gasteiger partial charge < -0.3 is 9.47 Å². The Balaban J connectivity index is 1.58. The first-order valence-corrected chi connectivity index (χ1v) is 15.7. The second-order valence-corrected chi connectivity index (χ2v) is 13.8. The molecule has 0 radical (unpaired) electrons. The first kappa shape index (κ1) is 25.7. The van der Waals surface area contributed by atoms with Crippen molar-refractivity contribution >= 4 is 47.0 Å². The lowest BCUT2D eigenvalue weighted by molar-refractivity contribution is 0.131. The van der Waals surface area contributed by atoms with Gasteiger partial charge in [-0.1, -0.05) is 24.3 Å². The minimum absolute atomic E-state index is 0.0902. The van der Waals surface area contributed by atoms with Gasteiger partial charge in [-0.3, -0.25) is 0 Å². The SMILES string of the molecule is COc1cccc(C2(C/C=C/C(CCC3CCCSCCCS3)OC)SCCCS2)c1. The Hall–Kier alpha value is 0.120. The highest BCUT2D eigenvalue weighted by molar-refractivity contribution is 8.18. The lowest BCUT2D eigenvalue weighted by atomic mass is 10.1. The van der Waals surface area contributed by atoms with Crippen LogP contribution in [0.5, 0.6) is 5.75 Å². The first-order valence-electron chi connectivity index (χ1n) is 11.6. The van der Waals surface area contributed by atoms with E-state index in [0.29, 0.717) is 0 Å². The average Bonchev–Trinajstić information content (AvgIpc) is 2.96. The van der Waals surface area contributed by atoms with Gasteiger partial charge >= 0.3 is 0 Å². The molecule has 174 valence electrons. The van der Waals surface area contributed by atoms with E-state index in [1.54, 1.807) is 7.11 Å². The summed E-state index contributed by atoms with van der Waals surface area (Å²) < 4.78 is 11.4. The molecule has 1 aromatic rings. The monoisotopic (exact) mass is 498 g/mol. The fraction of sp³-hybridized carbons (Fsp3) is 0.680. The van der Waals surface area contributed by atoms with Crippen LogP contribution in [-0.4, -0.2) is 54.3 Å². The van der Waals surface area contributed by atoms with Crippen LogP contribution in [0.15, 0.2) is 36.4 Å². The summed E-state index contributed by atoms with van der Waals surface area (Å²) in [6, 6.07) is 8.66. The third-order valence-electron chi connectivity index (χ3n) is 5.88. The molecule has 2 aliphatic heterocycles. The Kier molecular flexibility index (Phi) is 12.0. The molecule has 31 heavy (non-hydrogen) atoms. The highest BCUT2D eigenvalue weighted by Crippen LogP contribution is 2.53. The highest BCUT2D eigenvalue weighted by atomic mass is 32.2. The van der Waals surface area contributed by atoms with Gasteiger partial charge in [0.1, 0.15) is 5.75 Å². The fourth-order valence-corrected chi connectivity index (χ4v) is 9.75. The minimum atomic E-state index is 0.0902. The summed E-state index contributed by atoms with van der Waals surface area (Å²) in [5, 5.41) is 0.803. The summed E-state index contributed by atoms with van der Waals surface area (Å²) in [7, 11) is 3.62. The summed E-state index contributed by atoms with van der Waals surface area (Å²) in [6.45, 7) is 0. The van der Waals surface area contributed by atoms with E-state index in [9.17, 15) is 0 Å². The van der Waals surface area contributed by atoms with Crippen molar-refractivity contribution in [3.05, 3.63) is 42.0 Å². The van der Waals surface area contributed by atoms with Gasteiger partial charge in [-0.15, -0.1) is 23.5 Å². The maximum atomic E-state index is 5.85. The quantitative estimate of drug-likeness (QED) is 0.326. The molecule has 1 aromatic carbocycles. The Morgan fingerprint density at radius 3 is 2.68 bits per heavy atom. The second kappa shape index (κ2) is 14.4. The van der Waals surface area contributed by atoms with Crippen LogP contribution in [0.2, 0.25) is 0 Å². The molecule has 6 heteroatoms. The molecule has 2 heterocycles. The van der Waals surface area contributed by atoms with Gasteiger partial charge in [-0.25, -0.2) is 0 Å². The van der Waals surface area contributed by atoms with Gasteiger partial charge in [0.25, 0.3) is 0 Å². The van der Waals surface area contributed by atoms with Gasteiger partial charge in [0.2, 0.25) is 0 Å². The van der Waals surface area contributed by atoms with Crippen molar-refractivity contribution in [1.29, 1.82) is 0 Å². The predicted molar refractivity (Wildman–Crippen MR) is 145 cm³/mol. The molecule has 3 rings (SSSR count). The number of methoxy groups -OCH3 is 2. The smallest absolute Gasteiger partial charge is 0.119 e. The van der Waals surface area contributed by atoms with E-state index in [2.05, 4.69) is 77.4 Å². The van der Waals surface area contributed by atoms with Crippen molar-refractivity contribution in [3.8, 4) is 5.75 Å². The Labute approximate surface area is 206 Å². The van der Waals surface area contributed by atoms with E-state index >= 15 is 0 Å². The van der Waals surface area contributed by atoms with Gasteiger partial charge in [0, 0.05) is 12.4 Å². The van der Waals surface area contributed by atoms with Crippen LogP contribution in [0.3, 0.4) is 0 Å². The average molecular weight is 499 g/mol. The molecule has 0 N–H and O–H groups in total. The van der Waals surface area contributed by atoms with Crippen LogP contribution >= 0.6 is 47.0 Å². The van der Waals surface area contributed by atoms with Crippen LogP contribution in [0, 0.1) is 0 Å². The fourth-order valence-electron chi connectivity index (χ4n) is 4.09. The zero-order valence-corrected chi connectivity index (χ0v) is 22.3. The summed E-state index contributed by atoms with van der Waals surface area (Å²) in [5.41, 5.74) is 1.38. The Morgan fingerprint density at radius 2 is 1.87 bits per heavy atom. The lowest BCUT2D eigenvalue weighted by Crippen LogP contribution is -2.22. The largest absolute Gasteiger partial charge is 0.497 e. The van der Waals surface area contributed by atoms with Crippen molar-refractivity contribution in [2.24, 2.45) is 0 Å². The van der Waals surface area contributed by atoms with Gasteiger partial charge in [-0.2, -0.15) is 23.5 Å². The maximum absolute atomic E-state index is 5.85. The molecule has 0 aliphatic carbocycles. The van der Waals surface area contributed by atoms with Crippen molar-refractivity contribution in [2.75, 3.05) is 43.0 Å². The molecule has 2 aliphatic rings. The standard InChI is InChI=1S/C25H38O2S4/c1-26-22(12-13-24-11-5-15-28-16-6-17-29-24)10-4-14-25(30-18-7-19-31-25)21-8-3-9-23(20-21)27-2/h3-4,8-10,20,22,24H,5-7,11-19H2,1-2H3/b10-4+. The third-order valence-corrected chi connectivity index (χ3v) is 11.9. The van der Waals surface area contributed by atoms with Gasteiger partial charge in [0.15, 0.2) is 0 Å². The summed E-state index contributed by atoms with van der Waals surface area (Å²) in [6.07, 6.45) is 13.8. The predicted octanol–water partition coefficient (Wildman–Crippen LogP) is 7.48. The highest BCUT2D eigenvalue weighted by Gasteiger charge is 2.35. The van der Waals surface area contributed by atoms with E-state index in [4.69, 9.17) is 9.47 Å². The number of ether oxygens (including phenoxy) is 2. The maximum Gasteiger partial charge on any atom is 0.119 e. The van der Waals surface area contributed by atoms with E-state index in [1.165, 1.54) is 66.4 Å². The van der Waals surface area contributed by atoms with Crippen LogP contribution < -0.4 is 4.74 Å². The lowest BCUT2D eigenvalue weighted by Gasteiger charge is -2.36. The normalized spacial score (nSPS) is 23.6. The van der Waals surface area contributed by atoms with Crippen molar-refractivity contribution in [2.45, 2.75) is 60.4 Å². The van der Waals surface area contributed by atoms with Gasteiger partial charge in [0.05, 0.1) is 17.3 Å². The molecule has 2 atom stereocenters. The number of benzene rings is 1. The molecule has 2 nitrogen and oxygen atoms in total. The second-order valence-electron chi connectivity index (χ2n) is 8.12. The molecule has 0 spiro atoms. The molecule has 0 aromatic heterocycles. The van der Waals surface area contributed by atoms with E-state index in [1.807, 2.05) is 13.2 Å². The van der Waals surface area contributed by atoms with Crippen molar-refractivity contribution in [1.82, 2.24) is 0 Å². The first-order chi connectivity index (χ1) is 15.3. The topological polar surface area (TPSA) is 18.5 Å².